The third-order valence-electron chi connectivity index (χ3n) is 2.02. The van der Waals surface area contributed by atoms with E-state index in [4.69, 9.17) is 5.73 Å². The normalized spacial score (nSPS) is 12.4. The highest BCUT2D eigenvalue weighted by molar-refractivity contribution is 5.81. The number of amides is 1. The first kappa shape index (κ1) is 11.6. The van der Waals surface area contributed by atoms with Crippen LogP contribution in [0.5, 0.6) is 0 Å². The molecule has 1 aromatic rings. The summed E-state index contributed by atoms with van der Waals surface area (Å²) in [7, 11) is 0. The number of rotatable bonds is 6. The first-order valence-corrected chi connectivity index (χ1v) is 4.99. The van der Waals surface area contributed by atoms with E-state index in [1.54, 1.807) is 0 Å². The fraction of sp³-hybridized carbons (Fsp3) is 0.750. The van der Waals surface area contributed by atoms with Crippen molar-refractivity contribution in [2.45, 2.75) is 38.8 Å². The molecule has 0 saturated carbocycles. The molecule has 0 spiro atoms. The minimum Gasteiger partial charge on any atom is -0.347 e. The molecule has 0 aliphatic rings. The first-order chi connectivity index (χ1) is 7.24. The summed E-state index contributed by atoms with van der Waals surface area (Å²) in [4.78, 5) is 11.4. The molecule has 1 aromatic heterocycles. The van der Waals surface area contributed by atoms with Crippen molar-refractivity contribution in [1.82, 2.24) is 25.9 Å². The van der Waals surface area contributed by atoms with E-state index in [1.807, 2.05) is 0 Å². The lowest BCUT2D eigenvalue weighted by atomic mass is 10.1. The molecule has 0 bridgehead atoms. The Labute approximate surface area is 87.8 Å². The van der Waals surface area contributed by atoms with E-state index in [2.05, 4.69) is 32.9 Å². The van der Waals surface area contributed by atoms with Gasteiger partial charge in [0, 0.05) is 0 Å². The zero-order valence-electron chi connectivity index (χ0n) is 8.73. The lowest BCUT2D eigenvalue weighted by Crippen LogP contribution is -2.40. The highest BCUT2D eigenvalue weighted by Crippen LogP contribution is 1.98. The van der Waals surface area contributed by atoms with Crippen molar-refractivity contribution >= 4 is 5.91 Å². The maximum Gasteiger partial charge on any atom is 0.237 e. The van der Waals surface area contributed by atoms with E-state index >= 15 is 0 Å². The second-order valence-corrected chi connectivity index (χ2v) is 3.29. The number of nitrogens with zero attached hydrogens (tertiary/aromatic N) is 3. The van der Waals surface area contributed by atoms with Crippen molar-refractivity contribution in [2.75, 3.05) is 0 Å². The smallest absolute Gasteiger partial charge is 0.237 e. The lowest BCUT2D eigenvalue weighted by Gasteiger charge is -2.09. The monoisotopic (exact) mass is 212 g/mol. The van der Waals surface area contributed by atoms with Crippen molar-refractivity contribution < 1.29 is 4.79 Å². The van der Waals surface area contributed by atoms with Crippen LogP contribution in [0.2, 0.25) is 0 Å². The molecule has 0 radical (unpaired) electrons. The molecule has 0 fully saturated rings. The van der Waals surface area contributed by atoms with Crippen LogP contribution in [0.25, 0.3) is 0 Å². The lowest BCUT2D eigenvalue weighted by molar-refractivity contribution is -0.122. The van der Waals surface area contributed by atoms with Crippen molar-refractivity contribution in [3.8, 4) is 0 Å². The first-order valence-electron chi connectivity index (χ1n) is 4.99. The van der Waals surface area contributed by atoms with Crippen LogP contribution in [0.3, 0.4) is 0 Å². The van der Waals surface area contributed by atoms with E-state index in [9.17, 15) is 4.79 Å². The molecule has 1 amide bonds. The summed E-state index contributed by atoms with van der Waals surface area (Å²) < 4.78 is 0. The number of tetrazole rings is 1. The number of H-pyrrole nitrogens is 1. The second kappa shape index (κ2) is 6.07. The van der Waals surface area contributed by atoms with Gasteiger partial charge >= 0.3 is 0 Å². The summed E-state index contributed by atoms with van der Waals surface area (Å²) >= 11 is 0. The second-order valence-electron chi connectivity index (χ2n) is 3.29. The van der Waals surface area contributed by atoms with Gasteiger partial charge in [-0.15, -0.1) is 10.2 Å². The van der Waals surface area contributed by atoms with Gasteiger partial charge in [0.2, 0.25) is 5.91 Å². The SMILES string of the molecule is CCCCC(N)C(=O)NCc1nn[nH]n1. The van der Waals surface area contributed by atoms with Gasteiger partial charge in [-0.3, -0.25) is 4.79 Å². The molecule has 84 valence electrons. The van der Waals surface area contributed by atoms with Crippen LogP contribution in [0.4, 0.5) is 0 Å². The van der Waals surface area contributed by atoms with Gasteiger partial charge in [0.25, 0.3) is 0 Å². The highest BCUT2D eigenvalue weighted by atomic mass is 16.2. The number of aromatic amines is 1. The van der Waals surface area contributed by atoms with Crippen LogP contribution in [-0.4, -0.2) is 32.6 Å². The maximum absolute atomic E-state index is 11.4. The molecule has 0 aliphatic heterocycles. The number of aromatic nitrogens is 4. The Hall–Kier alpha value is -1.50. The van der Waals surface area contributed by atoms with E-state index < -0.39 is 6.04 Å². The number of hydrogen-bond donors (Lipinski definition) is 3. The largest absolute Gasteiger partial charge is 0.347 e. The topological polar surface area (TPSA) is 110 Å². The highest BCUT2D eigenvalue weighted by Gasteiger charge is 2.12. The van der Waals surface area contributed by atoms with Gasteiger partial charge in [0.15, 0.2) is 5.82 Å². The van der Waals surface area contributed by atoms with Crippen LogP contribution < -0.4 is 11.1 Å². The average Bonchev–Trinajstić information content (AvgIpc) is 2.75. The summed E-state index contributed by atoms with van der Waals surface area (Å²) in [6.45, 7) is 2.32. The molecule has 1 unspecified atom stereocenters. The third kappa shape index (κ3) is 4.03. The number of unbranched alkanes of at least 4 members (excludes halogenated alkanes) is 1. The van der Waals surface area contributed by atoms with Gasteiger partial charge in [-0.05, 0) is 6.42 Å². The summed E-state index contributed by atoms with van der Waals surface area (Å²) in [5.41, 5.74) is 5.67. The van der Waals surface area contributed by atoms with Gasteiger partial charge < -0.3 is 11.1 Å². The Bertz CT molecular complexity index is 285. The third-order valence-corrected chi connectivity index (χ3v) is 2.02. The molecular weight excluding hydrogens is 196 g/mol. The van der Waals surface area contributed by atoms with E-state index in [0.29, 0.717) is 12.2 Å². The number of carbonyl (C=O) groups excluding carboxylic acids is 1. The average molecular weight is 212 g/mol. The number of nitrogens with two attached hydrogens (primary N) is 1. The Morgan fingerprint density at radius 3 is 3.07 bits per heavy atom. The molecule has 15 heavy (non-hydrogen) atoms. The molecule has 7 heteroatoms. The fourth-order valence-electron chi connectivity index (χ4n) is 1.11. The molecule has 0 saturated heterocycles. The van der Waals surface area contributed by atoms with Gasteiger partial charge in [0.1, 0.15) is 0 Å². The molecular formula is C8H16N6O. The van der Waals surface area contributed by atoms with E-state index in [1.165, 1.54) is 0 Å². The predicted molar refractivity (Wildman–Crippen MR) is 53.5 cm³/mol. The molecule has 4 N–H and O–H groups in total. The molecule has 7 nitrogen and oxygen atoms in total. The molecule has 1 atom stereocenters. The van der Waals surface area contributed by atoms with Gasteiger partial charge in [-0.2, -0.15) is 5.21 Å². The van der Waals surface area contributed by atoms with Gasteiger partial charge in [-0.1, -0.05) is 25.0 Å². The molecule has 0 aromatic carbocycles. The van der Waals surface area contributed by atoms with Crippen LogP contribution in [0, 0.1) is 0 Å². The molecule has 1 rings (SSSR count). The number of nitrogens with one attached hydrogen (secondary N) is 2. The van der Waals surface area contributed by atoms with Crippen LogP contribution in [0.15, 0.2) is 0 Å². The fourth-order valence-corrected chi connectivity index (χ4v) is 1.11. The van der Waals surface area contributed by atoms with Gasteiger partial charge in [-0.25, -0.2) is 0 Å². The van der Waals surface area contributed by atoms with Crippen LogP contribution in [0.1, 0.15) is 32.0 Å². The number of carbonyl (C=O) groups is 1. The summed E-state index contributed by atoms with van der Waals surface area (Å²) in [5.74, 6) is 0.277. The summed E-state index contributed by atoms with van der Waals surface area (Å²) in [5, 5.41) is 15.7. The Balaban J connectivity index is 2.23. The van der Waals surface area contributed by atoms with E-state index in [-0.39, 0.29) is 12.5 Å². The zero-order chi connectivity index (χ0) is 11.1. The number of hydrogen-bond acceptors (Lipinski definition) is 5. The Kier molecular flexibility index (Phi) is 4.69. The summed E-state index contributed by atoms with van der Waals surface area (Å²) in [6, 6.07) is -0.447. The van der Waals surface area contributed by atoms with Gasteiger partial charge in [0.05, 0.1) is 12.6 Å². The molecule has 0 aliphatic carbocycles. The van der Waals surface area contributed by atoms with E-state index in [0.717, 1.165) is 12.8 Å². The Morgan fingerprint density at radius 2 is 2.47 bits per heavy atom. The minimum atomic E-state index is -0.447. The van der Waals surface area contributed by atoms with Crippen molar-refractivity contribution in [1.29, 1.82) is 0 Å². The quantitative estimate of drug-likeness (QED) is 0.579. The molecule has 1 heterocycles. The predicted octanol–water partition coefficient (Wildman–Crippen LogP) is -0.667. The van der Waals surface area contributed by atoms with Crippen molar-refractivity contribution in [2.24, 2.45) is 5.73 Å². The zero-order valence-corrected chi connectivity index (χ0v) is 8.73. The standard InChI is InChI=1S/C8H16N6O/c1-2-3-4-6(9)8(15)10-5-7-11-13-14-12-7/h6H,2-5,9H2,1H3,(H,10,15)(H,11,12,13,14). The maximum atomic E-state index is 11.4. The summed E-state index contributed by atoms with van der Waals surface area (Å²) in [6.07, 6.45) is 2.69. The van der Waals surface area contributed by atoms with Crippen molar-refractivity contribution in [3.05, 3.63) is 5.82 Å². The Morgan fingerprint density at radius 1 is 1.67 bits per heavy atom. The minimum absolute atomic E-state index is 0.173. The van der Waals surface area contributed by atoms with Crippen LogP contribution in [-0.2, 0) is 11.3 Å². The van der Waals surface area contributed by atoms with Crippen molar-refractivity contribution in [3.63, 3.8) is 0 Å². The van der Waals surface area contributed by atoms with Crippen LogP contribution >= 0.6 is 0 Å².